The first-order valence-corrected chi connectivity index (χ1v) is 8.42. The molecule has 2 aromatic rings. The molecule has 4 nitrogen and oxygen atoms in total. The van der Waals surface area contributed by atoms with Crippen LogP contribution < -0.4 is 14.8 Å². The summed E-state index contributed by atoms with van der Waals surface area (Å²) in [5.41, 5.74) is 0.771. The summed E-state index contributed by atoms with van der Waals surface area (Å²) in [6.45, 7) is 0.891. The van der Waals surface area contributed by atoms with Crippen LogP contribution in [-0.2, 0) is 4.79 Å². The first-order valence-electron chi connectivity index (χ1n) is 7.63. The zero-order chi connectivity index (χ0) is 16.1. The molecule has 0 spiro atoms. The van der Waals surface area contributed by atoms with E-state index in [1.165, 1.54) is 0 Å². The van der Waals surface area contributed by atoms with Crippen LogP contribution in [-0.4, -0.2) is 19.1 Å². The molecule has 0 aromatic heterocycles. The minimum Gasteiger partial charge on any atom is -0.490 e. The van der Waals surface area contributed by atoms with Crippen molar-refractivity contribution in [2.24, 2.45) is 5.92 Å². The lowest BCUT2D eigenvalue weighted by Gasteiger charge is -2.10. The number of benzene rings is 2. The van der Waals surface area contributed by atoms with E-state index in [-0.39, 0.29) is 11.8 Å². The Hall–Kier alpha value is -2.01. The molecule has 0 unspecified atom stereocenters. The van der Waals surface area contributed by atoms with E-state index >= 15 is 0 Å². The molecular formula is C18H18BrNO3. The van der Waals surface area contributed by atoms with Crippen molar-refractivity contribution in [3.63, 3.8) is 0 Å². The number of nitrogens with one attached hydrogen (secondary N) is 1. The van der Waals surface area contributed by atoms with Crippen LogP contribution in [0.5, 0.6) is 11.5 Å². The van der Waals surface area contributed by atoms with Crippen molar-refractivity contribution >= 4 is 27.5 Å². The number of carbonyl (C=O) groups excluding carboxylic acids is 1. The second-order valence-electron chi connectivity index (χ2n) is 5.45. The van der Waals surface area contributed by atoms with Crippen molar-refractivity contribution in [1.29, 1.82) is 0 Å². The SMILES string of the molecule is O=C(Nc1cccc(OCCOc2cccc(Br)c2)c1)C1CC1. The second kappa shape index (κ2) is 7.51. The minimum atomic E-state index is 0.0973. The topological polar surface area (TPSA) is 47.6 Å². The fourth-order valence-corrected chi connectivity index (χ4v) is 2.51. The minimum absolute atomic E-state index is 0.0973. The van der Waals surface area contributed by atoms with Gasteiger partial charge in [0.1, 0.15) is 24.7 Å². The van der Waals surface area contributed by atoms with Gasteiger partial charge in [-0.05, 0) is 43.2 Å². The van der Waals surface area contributed by atoms with Gasteiger partial charge in [-0.3, -0.25) is 4.79 Å². The number of carbonyl (C=O) groups is 1. The zero-order valence-corrected chi connectivity index (χ0v) is 14.2. The highest BCUT2D eigenvalue weighted by molar-refractivity contribution is 9.10. The number of amides is 1. The molecule has 0 saturated heterocycles. The van der Waals surface area contributed by atoms with Gasteiger partial charge in [-0.25, -0.2) is 0 Å². The van der Waals surface area contributed by atoms with Crippen LogP contribution in [0.4, 0.5) is 5.69 Å². The van der Waals surface area contributed by atoms with Gasteiger partial charge in [0.05, 0.1) is 0 Å². The van der Waals surface area contributed by atoms with Gasteiger partial charge in [-0.1, -0.05) is 28.1 Å². The van der Waals surface area contributed by atoms with E-state index in [9.17, 15) is 4.79 Å². The number of hydrogen-bond acceptors (Lipinski definition) is 3. The predicted octanol–water partition coefficient (Wildman–Crippen LogP) is 4.26. The quantitative estimate of drug-likeness (QED) is 0.735. The summed E-state index contributed by atoms with van der Waals surface area (Å²) in [6, 6.07) is 15.1. The Kier molecular flexibility index (Phi) is 5.18. The van der Waals surface area contributed by atoms with E-state index in [0.717, 1.165) is 34.5 Å². The van der Waals surface area contributed by atoms with Gasteiger partial charge in [-0.2, -0.15) is 0 Å². The molecule has 3 rings (SSSR count). The maximum atomic E-state index is 11.8. The molecule has 1 saturated carbocycles. The van der Waals surface area contributed by atoms with Crippen molar-refractivity contribution in [2.45, 2.75) is 12.8 Å². The molecule has 2 aromatic carbocycles. The Morgan fingerprint density at radius 3 is 2.35 bits per heavy atom. The van der Waals surface area contributed by atoms with Crippen LogP contribution >= 0.6 is 15.9 Å². The smallest absolute Gasteiger partial charge is 0.227 e. The molecular weight excluding hydrogens is 358 g/mol. The lowest BCUT2D eigenvalue weighted by molar-refractivity contribution is -0.117. The van der Waals surface area contributed by atoms with E-state index in [1.54, 1.807) is 0 Å². The first-order chi connectivity index (χ1) is 11.2. The van der Waals surface area contributed by atoms with Crippen LogP contribution in [0, 0.1) is 5.92 Å². The van der Waals surface area contributed by atoms with Crippen LogP contribution in [0.3, 0.4) is 0 Å². The zero-order valence-electron chi connectivity index (χ0n) is 12.6. The fourth-order valence-electron chi connectivity index (χ4n) is 2.13. The van der Waals surface area contributed by atoms with Gasteiger partial charge < -0.3 is 14.8 Å². The summed E-state index contributed by atoms with van der Waals surface area (Å²) in [5, 5.41) is 2.91. The van der Waals surface area contributed by atoms with Crippen molar-refractivity contribution in [3.05, 3.63) is 53.0 Å². The standard InChI is InChI=1S/C18H18BrNO3/c19-14-3-1-5-16(11-14)22-9-10-23-17-6-2-4-15(12-17)20-18(21)13-7-8-13/h1-6,11-13H,7-10H2,(H,20,21). The van der Waals surface area contributed by atoms with Crippen LogP contribution in [0.2, 0.25) is 0 Å². The monoisotopic (exact) mass is 375 g/mol. The summed E-state index contributed by atoms with van der Waals surface area (Å²) in [7, 11) is 0. The molecule has 1 aliphatic rings. The normalized spacial score (nSPS) is 13.4. The lowest BCUT2D eigenvalue weighted by atomic mass is 10.3. The van der Waals surface area contributed by atoms with Gasteiger partial charge in [0, 0.05) is 22.1 Å². The van der Waals surface area contributed by atoms with E-state index in [1.807, 2.05) is 48.5 Å². The van der Waals surface area contributed by atoms with Crippen molar-refractivity contribution in [1.82, 2.24) is 0 Å². The Balaban J connectivity index is 1.45. The molecule has 1 amide bonds. The Bertz CT molecular complexity index is 685. The summed E-state index contributed by atoms with van der Waals surface area (Å²) in [6.07, 6.45) is 1.99. The second-order valence-corrected chi connectivity index (χ2v) is 6.36. The van der Waals surface area contributed by atoms with Crippen molar-refractivity contribution in [3.8, 4) is 11.5 Å². The number of hydrogen-bond donors (Lipinski definition) is 1. The summed E-state index contributed by atoms with van der Waals surface area (Å²) >= 11 is 3.40. The molecule has 5 heteroatoms. The molecule has 0 heterocycles. The van der Waals surface area contributed by atoms with Gasteiger partial charge in [0.2, 0.25) is 5.91 Å². The molecule has 0 bridgehead atoms. The van der Waals surface area contributed by atoms with Gasteiger partial charge in [0.25, 0.3) is 0 Å². The average Bonchev–Trinajstić information content (AvgIpc) is 3.37. The molecule has 0 atom stereocenters. The fraction of sp³-hybridized carbons (Fsp3) is 0.278. The number of anilines is 1. The van der Waals surface area contributed by atoms with E-state index < -0.39 is 0 Å². The van der Waals surface area contributed by atoms with Gasteiger partial charge >= 0.3 is 0 Å². The van der Waals surface area contributed by atoms with E-state index in [2.05, 4.69) is 21.2 Å². The predicted molar refractivity (Wildman–Crippen MR) is 92.9 cm³/mol. The van der Waals surface area contributed by atoms with Crippen molar-refractivity contribution < 1.29 is 14.3 Å². The lowest BCUT2D eigenvalue weighted by Crippen LogP contribution is -2.13. The number of halogens is 1. The third kappa shape index (κ3) is 4.99. The van der Waals surface area contributed by atoms with Crippen LogP contribution in [0.15, 0.2) is 53.0 Å². The highest BCUT2D eigenvalue weighted by Crippen LogP contribution is 2.30. The Labute approximate surface area is 143 Å². The summed E-state index contributed by atoms with van der Waals surface area (Å²) < 4.78 is 12.3. The molecule has 0 radical (unpaired) electrons. The third-order valence-corrected chi connectivity index (χ3v) is 3.96. The van der Waals surface area contributed by atoms with E-state index in [0.29, 0.717) is 13.2 Å². The maximum Gasteiger partial charge on any atom is 0.227 e. The summed E-state index contributed by atoms with van der Waals surface area (Å²) in [4.78, 5) is 11.8. The largest absolute Gasteiger partial charge is 0.490 e. The molecule has 23 heavy (non-hydrogen) atoms. The number of rotatable bonds is 7. The first kappa shape index (κ1) is 15.9. The molecule has 1 aliphatic carbocycles. The number of ether oxygens (including phenoxy) is 2. The highest BCUT2D eigenvalue weighted by atomic mass is 79.9. The molecule has 1 fully saturated rings. The maximum absolute atomic E-state index is 11.8. The van der Waals surface area contributed by atoms with Crippen LogP contribution in [0.25, 0.3) is 0 Å². The molecule has 1 N–H and O–H groups in total. The highest BCUT2D eigenvalue weighted by Gasteiger charge is 2.29. The van der Waals surface area contributed by atoms with Gasteiger partial charge in [0.15, 0.2) is 0 Å². The van der Waals surface area contributed by atoms with Gasteiger partial charge in [-0.15, -0.1) is 0 Å². The molecule has 120 valence electrons. The van der Waals surface area contributed by atoms with Crippen molar-refractivity contribution in [2.75, 3.05) is 18.5 Å². The third-order valence-electron chi connectivity index (χ3n) is 3.47. The Morgan fingerprint density at radius 2 is 1.70 bits per heavy atom. The Morgan fingerprint density at radius 1 is 1.04 bits per heavy atom. The molecule has 0 aliphatic heterocycles. The van der Waals surface area contributed by atoms with Crippen LogP contribution in [0.1, 0.15) is 12.8 Å². The van der Waals surface area contributed by atoms with E-state index in [4.69, 9.17) is 9.47 Å². The summed E-state index contributed by atoms with van der Waals surface area (Å²) in [5.74, 6) is 1.81. The average molecular weight is 376 g/mol.